The first-order chi connectivity index (χ1) is 8.41. The highest BCUT2D eigenvalue weighted by Gasteiger charge is 2.20. The number of hydrogen-bond acceptors (Lipinski definition) is 1. The van der Waals surface area contributed by atoms with Gasteiger partial charge in [0.25, 0.3) is 0 Å². The molecule has 1 aromatic carbocycles. The van der Waals surface area contributed by atoms with Crippen LogP contribution in [0.3, 0.4) is 0 Å². The van der Waals surface area contributed by atoms with Crippen molar-refractivity contribution in [2.75, 3.05) is 0 Å². The molecule has 0 fully saturated rings. The van der Waals surface area contributed by atoms with Gasteiger partial charge in [0.2, 0.25) is 0 Å². The van der Waals surface area contributed by atoms with E-state index in [0.717, 1.165) is 16.5 Å². The molecule has 0 saturated heterocycles. The van der Waals surface area contributed by atoms with Crippen LogP contribution in [0.5, 0.6) is 0 Å². The highest BCUT2D eigenvalue weighted by atomic mass is 35.5. The molecular weight excluding hydrogens is 250 g/mol. The molecule has 0 aliphatic heterocycles. The number of carboxylic acids is 1. The van der Waals surface area contributed by atoms with Crippen molar-refractivity contribution in [1.82, 2.24) is 4.57 Å². The van der Waals surface area contributed by atoms with E-state index in [1.54, 1.807) is 6.92 Å². The van der Waals surface area contributed by atoms with Gasteiger partial charge in [0.05, 0.1) is 5.92 Å². The van der Waals surface area contributed by atoms with E-state index in [1.807, 2.05) is 24.4 Å². The van der Waals surface area contributed by atoms with Crippen molar-refractivity contribution in [3.05, 3.63) is 35.0 Å². The van der Waals surface area contributed by atoms with Crippen molar-refractivity contribution >= 4 is 28.5 Å². The molecule has 0 bridgehead atoms. The van der Waals surface area contributed by atoms with Crippen molar-refractivity contribution in [2.24, 2.45) is 0 Å². The van der Waals surface area contributed by atoms with E-state index in [-0.39, 0.29) is 6.04 Å². The second-order valence-electron chi connectivity index (χ2n) is 4.81. The number of nitrogens with zero attached hydrogens (tertiary/aromatic N) is 1. The quantitative estimate of drug-likeness (QED) is 0.909. The lowest BCUT2D eigenvalue weighted by Crippen LogP contribution is -2.07. The second kappa shape index (κ2) is 4.65. The summed E-state index contributed by atoms with van der Waals surface area (Å²) in [4.78, 5) is 11.2. The SMILES string of the molecule is CC(C(=O)O)c1cn(C(C)C)c2ccc(Cl)cc12. The third-order valence-corrected chi connectivity index (χ3v) is 3.45. The predicted octanol–water partition coefficient (Wildman–Crippen LogP) is 4.06. The summed E-state index contributed by atoms with van der Waals surface area (Å²) < 4.78 is 2.08. The number of aromatic nitrogens is 1. The van der Waals surface area contributed by atoms with Gasteiger partial charge in [-0.25, -0.2) is 0 Å². The van der Waals surface area contributed by atoms with Gasteiger partial charge in [-0.3, -0.25) is 4.79 Å². The molecule has 0 amide bonds. The monoisotopic (exact) mass is 265 g/mol. The van der Waals surface area contributed by atoms with E-state index >= 15 is 0 Å². The van der Waals surface area contributed by atoms with Crippen molar-refractivity contribution in [3.63, 3.8) is 0 Å². The zero-order valence-electron chi connectivity index (χ0n) is 10.6. The van der Waals surface area contributed by atoms with E-state index in [1.165, 1.54) is 0 Å². The Morgan fingerprint density at radius 2 is 2.00 bits per heavy atom. The zero-order chi connectivity index (χ0) is 13.4. The van der Waals surface area contributed by atoms with Crippen molar-refractivity contribution < 1.29 is 9.90 Å². The van der Waals surface area contributed by atoms with Gasteiger partial charge in [-0.15, -0.1) is 0 Å². The number of fused-ring (bicyclic) bond motifs is 1. The molecule has 1 heterocycles. The highest BCUT2D eigenvalue weighted by molar-refractivity contribution is 6.31. The Morgan fingerprint density at radius 1 is 1.33 bits per heavy atom. The molecule has 1 atom stereocenters. The molecular formula is C14H16ClNO2. The van der Waals surface area contributed by atoms with Gasteiger partial charge in [0.1, 0.15) is 0 Å². The topological polar surface area (TPSA) is 42.2 Å². The minimum atomic E-state index is -0.821. The normalized spacial score (nSPS) is 13.2. The number of rotatable bonds is 3. The molecule has 0 aliphatic rings. The Bertz CT molecular complexity index is 601. The van der Waals surface area contributed by atoms with Gasteiger partial charge in [-0.1, -0.05) is 11.6 Å². The molecule has 1 unspecified atom stereocenters. The Morgan fingerprint density at radius 3 is 2.56 bits per heavy atom. The van der Waals surface area contributed by atoms with Gasteiger partial charge in [0.15, 0.2) is 0 Å². The average molecular weight is 266 g/mol. The minimum absolute atomic E-state index is 0.281. The van der Waals surface area contributed by atoms with E-state index < -0.39 is 11.9 Å². The number of hydrogen-bond donors (Lipinski definition) is 1. The summed E-state index contributed by atoms with van der Waals surface area (Å²) in [5.74, 6) is -1.36. The zero-order valence-corrected chi connectivity index (χ0v) is 11.4. The van der Waals surface area contributed by atoms with Crippen LogP contribution >= 0.6 is 11.6 Å². The van der Waals surface area contributed by atoms with Gasteiger partial charge in [-0.2, -0.15) is 0 Å². The summed E-state index contributed by atoms with van der Waals surface area (Å²) in [6.07, 6.45) is 1.92. The maximum atomic E-state index is 11.2. The first-order valence-electron chi connectivity index (χ1n) is 5.94. The molecule has 0 saturated carbocycles. The summed E-state index contributed by atoms with van der Waals surface area (Å²) in [5.41, 5.74) is 1.84. The van der Waals surface area contributed by atoms with Crippen LogP contribution in [-0.4, -0.2) is 15.6 Å². The standard InChI is InChI=1S/C14H16ClNO2/c1-8(2)16-7-12(9(3)14(17)18)11-6-10(15)4-5-13(11)16/h4-9H,1-3H3,(H,17,18). The lowest BCUT2D eigenvalue weighted by Gasteiger charge is -2.08. The van der Waals surface area contributed by atoms with Crippen molar-refractivity contribution in [3.8, 4) is 0 Å². The summed E-state index contributed by atoms with van der Waals surface area (Å²) in [7, 11) is 0. The highest BCUT2D eigenvalue weighted by Crippen LogP contribution is 2.32. The van der Waals surface area contributed by atoms with Gasteiger partial charge in [0, 0.05) is 28.2 Å². The van der Waals surface area contributed by atoms with E-state index in [4.69, 9.17) is 16.7 Å². The molecule has 0 radical (unpaired) electrons. The number of carboxylic acid groups (broad SMARTS) is 1. The molecule has 18 heavy (non-hydrogen) atoms. The Hall–Kier alpha value is -1.48. The summed E-state index contributed by atoms with van der Waals surface area (Å²) in [5, 5.41) is 10.7. The largest absolute Gasteiger partial charge is 0.481 e. The minimum Gasteiger partial charge on any atom is -0.481 e. The van der Waals surface area contributed by atoms with E-state index in [9.17, 15) is 4.79 Å². The number of halogens is 1. The number of aliphatic carboxylic acids is 1. The van der Waals surface area contributed by atoms with Crippen molar-refractivity contribution in [1.29, 1.82) is 0 Å². The molecule has 96 valence electrons. The van der Waals surface area contributed by atoms with Crippen molar-refractivity contribution in [2.45, 2.75) is 32.7 Å². The average Bonchev–Trinajstić information content (AvgIpc) is 2.66. The molecule has 2 aromatic rings. The molecule has 4 heteroatoms. The van der Waals surface area contributed by atoms with Crippen LogP contribution in [0.2, 0.25) is 5.02 Å². The lowest BCUT2D eigenvalue weighted by molar-refractivity contribution is -0.138. The van der Waals surface area contributed by atoms with Crippen LogP contribution in [-0.2, 0) is 4.79 Å². The van der Waals surface area contributed by atoms with Crippen LogP contribution in [0, 0.1) is 0 Å². The van der Waals surface area contributed by atoms with Crippen LogP contribution in [0.1, 0.15) is 38.3 Å². The number of carbonyl (C=O) groups is 1. The summed E-state index contributed by atoms with van der Waals surface area (Å²) in [6, 6.07) is 5.89. The molecule has 3 nitrogen and oxygen atoms in total. The summed E-state index contributed by atoms with van der Waals surface area (Å²) >= 11 is 6.01. The fourth-order valence-electron chi connectivity index (χ4n) is 2.16. The fraction of sp³-hybridized carbons (Fsp3) is 0.357. The van der Waals surface area contributed by atoms with Crippen LogP contribution in [0.25, 0.3) is 10.9 Å². The van der Waals surface area contributed by atoms with Gasteiger partial charge in [-0.05, 0) is 44.5 Å². The first kappa shape index (κ1) is 13.0. The molecule has 1 aromatic heterocycles. The van der Waals surface area contributed by atoms with Gasteiger partial charge < -0.3 is 9.67 Å². The van der Waals surface area contributed by atoms with Crippen LogP contribution in [0.15, 0.2) is 24.4 Å². The van der Waals surface area contributed by atoms with E-state index in [2.05, 4.69) is 18.4 Å². The number of benzene rings is 1. The second-order valence-corrected chi connectivity index (χ2v) is 5.24. The lowest BCUT2D eigenvalue weighted by atomic mass is 10.0. The van der Waals surface area contributed by atoms with Crippen LogP contribution < -0.4 is 0 Å². The third kappa shape index (κ3) is 2.10. The molecule has 2 rings (SSSR count). The Balaban J connectivity index is 2.73. The maximum Gasteiger partial charge on any atom is 0.310 e. The van der Waals surface area contributed by atoms with Gasteiger partial charge >= 0.3 is 5.97 Å². The fourth-order valence-corrected chi connectivity index (χ4v) is 2.33. The first-order valence-corrected chi connectivity index (χ1v) is 6.32. The maximum absolute atomic E-state index is 11.2. The Kier molecular flexibility index (Phi) is 3.35. The smallest absolute Gasteiger partial charge is 0.310 e. The predicted molar refractivity (Wildman–Crippen MR) is 73.4 cm³/mol. The Labute approximate surface area is 111 Å². The third-order valence-electron chi connectivity index (χ3n) is 3.22. The van der Waals surface area contributed by atoms with Crippen LogP contribution in [0.4, 0.5) is 0 Å². The molecule has 0 spiro atoms. The molecule has 0 aliphatic carbocycles. The molecule has 1 N–H and O–H groups in total. The summed E-state index contributed by atoms with van der Waals surface area (Å²) in [6.45, 7) is 5.84. The van der Waals surface area contributed by atoms with E-state index in [0.29, 0.717) is 5.02 Å².